The summed E-state index contributed by atoms with van der Waals surface area (Å²) in [6.07, 6.45) is 1.60. The molecule has 0 radical (unpaired) electrons. The highest BCUT2D eigenvalue weighted by Crippen LogP contribution is 2.37. The monoisotopic (exact) mass is 502 g/mol. The number of halogens is 2. The summed E-state index contributed by atoms with van der Waals surface area (Å²) >= 11 is 0. The molecule has 194 valence electrons. The highest BCUT2D eigenvalue weighted by atomic mass is 19.3. The van der Waals surface area contributed by atoms with E-state index in [0.29, 0.717) is 47.4 Å². The lowest BCUT2D eigenvalue weighted by atomic mass is 10.00. The number of alkyl halides is 2. The summed E-state index contributed by atoms with van der Waals surface area (Å²) in [6, 6.07) is 7.67. The first-order valence-corrected chi connectivity index (χ1v) is 11.8. The molecule has 0 aliphatic carbocycles. The van der Waals surface area contributed by atoms with Crippen molar-refractivity contribution >= 4 is 22.4 Å². The van der Waals surface area contributed by atoms with Crippen molar-refractivity contribution in [2.24, 2.45) is 0 Å². The molecule has 2 aromatic carbocycles. The molecule has 1 saturated heterocycles. The van der Waals surface area contributed by atoms with Gasteiger partial charge in [0.25, 0.3) is 5.92 Å². The number of nitrogen functional groups attached to an aromatic ring is 1. The number of benzene rings is 2. The Labute approximate surface area is 209 Å². The normalized spacial score (nSPS) is 15.6. The molecule has 1 aliphatic heterocycles. The second kappa shape index (κ2) is 10.8. The number of hydrogen-bond donors (Lipinski definition) is 2. The lowest BCUT2D eigenvalue weighted by molar-refractivity contribution is -0.0698. The van der Waals surface area contributed by atoms with Gasteiger partial charge in [0.15, 0.2) is 11.5 Å². The van der Waals surface area contributed by atoms with Gasteiger partial charge in [-0.15, -0.1) is 0 Å². The van der Waals surface area contributed by atoms with E-state index in [-0.39, 0.29) is 23.4 Å². The number of nitrogens with one attached hydrogen (secondary N) is 1. The first-order valence-electron chi connectivity index (χ1n) is 11.8. The van der Waals surface area contributed by atoms with Gasteiger partial charge in [-0.3, -0.25) is 0 Å². The van der Waals surface area contributed by atoms with Crippen molar-refractivity contribution in [3.05, 3.63) is 47.3 Å². The summed E-state index contributed by atoms with van der Waals surface area (Å²) in [5.41, 5.74) is 7.28. The predicted octanol–water partition coefficient (Wildman–Crippen LogP) is 5.00. The standard InChI is InChI=1S/C26H32F2N4O4/c1-15(17-9-18(11-19(29)10-17)26(27,28)14-33-3)30-25-21-12-24(36-20-5-7-35-8-6-20)23(34-4)13-22(21)31-16(2)32-25/h9-13,15,20H,5-8,14,29H2,1-4H3,(H,30,31,32)/t15-/m1/s1. The summed E-state index contributed by atoms with van der Waals surface area (Å²) < 4.78 is 51.0. The van der Waals surface area contributed by atoms with Crippen LogP contribution in [0.25, 0.3) is 10.9 Å². The average molecular weight is 503 g/mol. The Morgan fingerprint density at radius 1 is 1.11 bits per heavy atom. The van der Waals surface area contributed by atoms with Crippen LogP contribution in [0.15, 0.2) is 30.3 Å². The molecule has 3 aromatic rings. The fraction of sp³-hybridized carbons (Fsp3) is 0.462. The highest BCUT2D eigenvalue weighted by Gasteiger charge is 2.32. The van der Waals surface area contributed by atoms with Gasteiger partial charge in [0, 0.05) is 42.7 Å². The third kappa shape index (κ3) is 5.76. The van der Waals surface area contributed by atoms with Crippen LogP contribution >= 0.6 is 0 Å². The summed E-state index contributed by atoms with van der Waals surface area (Å²) in [5, 5.41) is 4.08. The van der Waals surface area contributed by atoms with E-state index in [9.17, 15) is 8.78 Å². The van der Waals surface area contributed by atoms with Crippen LogP contribution in [0.4, 0.5) is 20.3 Å². The second-order valence-electron chi connectivity index (χ2n) is 8.96. The largest absolute Gasteiger partial charge is 0.493 e. The maximum atomic E-state index is 14.5. The number of nitrogens with zero attached hydrogens (tertiary/aromatic N) is 2. The summed E-state index contributed by atoms with van der Waals surface area (Å²) in [4.78, 5) is 9.15. The fourth-order valence-electron chi connectivity index (χ4n) is 4.28. The van der Waals surface area contributed by atoms with Gasteiger partial charge in [0.2, 0.25) is 0 Å². The van der Waals surface area contributed by atoms with E-state index in [1.165, 1.54) is 19.2 Å². The third-order valence-corrected chi connectivity index (χ3v) is 6.13. The Morgan fingerprint density at radius 2 is 1.86 bits per heavy atom. The van der Waals surface area contributed by atoms with Gasteiger partial charge in [-0.2, -0.15) is 8.78 Å². The predicted molar refractivity (Wildman–Crippen MR) is 134 cm³/mol. The van der Waals surface area contributed by atoms with Crippen LogP contribution in [0.3, 0.4) is 0 Å². The average Bonchev–Trinajstić information content (AvgIpc) is 2.84. The van der Waals surface area contributed by atoms with Gasteiger partial charge >= 0.3 is 0 Å². The van der Waals surface area contributed by atoms with Crippen molar-refractivity contribution in [3.8, 4) is 11.5 Å². The molecule has 4 rings (SSSR count). The van der Waals surface area contributed by atoms with E-state index in [1.807, 2.05) is 19.1 Å². The fourth-order valence-corrected chi connectivity index (χ4v) is 4.28. The number of anilines is 2. The van der Waals surface area contributed by atoms with Gasteiger partial charge in [0.1, 0.15) is 24.4 Å². The maximum Gasteiger partial charge on any atom is 0.296 e. The number of rotatable bonds is 9. The Kier molecular flexibility index (Phi) is 7.75. The van der Waals surface area contributed by atoms with Crippen molar-refractivity contribution in [2.75, 3.05) is 45.1 Å². The minimum absolute atomic E-state index is 0.0197. The summed E-state index contributed by atoms with van der Waals surface area (Å²) in [5.74, 6) is -0.893. The van der Waals surface area contributed by atoms with Crippen LogP contribution in [0.2, 0.25) is 0 Å². The molecule has 3 N–H and O–H groups in total. The van der Waals surface area contributed by atoms with E-state index >= 15 is 0 Å². The Hall–Kier alpha value is -3.24. The van der Waals surface area contributed by atoms with Gasteiger partial charge in [0.05, 0.1) is 31.9 Å². The molecule has 1 aromatic heterocycles. The Balaban J connectivity index is 1.69. The molecule has 0 unspecified atom stereocenters. The minimum atomic E-state index is -3.16. The number of aryl methyl sites for hydroxylation is 1. The molecule has 2 heterocycles. The molecule has 8 nitrogen and oxygen atoms in total. The molecule has 0 amide bonds. The molecule has 0 saturated carbocycles. The quantitative estimate of drug-likeness (QED) is 0.395. The van der Waals surface area contributed by atoms with Crippen LogP contribution in [-0.2, 0) is 15.4 Å². The summed E-state index contributed by atoms with van der Waals surface area (Å²) in [7, 11) is 2.83. The van der Waals surface area contributed by atoms with Gasteiger partial charge in [-0.25, -0.2) is 9.97 Å². The Bertz CT molecular complexity index is 1220. The molecular weight excluding hydrogens is 470 g/mol. The molecule has 0 spiro atoms. The smallest absolute Gasteiger partial charge is 0.296 e. The number of hydrogen-bond acceptors (Lipinski definition) is 8. The van der Waals surface area contributed by atoms with Crippen molar-refractivity contribution < 1.29 is 27.7 Å². The van der Waals surface area contributed by atoms with Gasteiger partial charge in [-0.1, -0.05) is 0 Å². The minimum Gasteiger partial charge on any atom is -0.493 e. The zero-order chi connectivity index (χ0) is 25.9. The lowest BCUT2D eigenvalue weighted by Gasteiger charge is -2.25. The van der Waals surface area contributed by atoms with Crippen LogP contribution in [-0.4, -0.2) is 50.1 Å². The maximum absolute atomic E-state index is 14.5. The first-order chi connectivity index (χ1) is 17.2. The van der Waals surface area contributed by atoms with Crippen LogP contribution in [0.5, 0.6) is 11.5 Å². The van der Waals surface area contributed by atoms with E-state index < -0.39 is 12.5 Å². The molecule has 1 atom stereocenters. The first kappa shape index (κ1) is 25.8. The number of ether oxygens (including phenoxy) is 4. The number of methoxy groups -OCH3 is 2. The van der Waals surface area contributed by atoms with Crippen molar-refractivity contribution in [1.29, 1.82) is 0 Å². The zero-order valence-electron chi connectivity index (χ0n) is 20.9. The molecule has 36 heavy (non-hydrogen) atoms. The van der Waals surface area contributed by atoms with Gasteiger partial charge in [-0.05, 0) is 43.7 Å². The second-order valence-corrected chi connectivity index (χ2v) is 8.96. The topological polar surface area (TPSA) is 101 Å². The van der Waals surface area contributed by atoms with Crippen LogP contribution in [0, 0.1) is 6.92 Å². The van der Waals surface area contributed by atoms with E-state index in [4.69, 9.17) is 24.7 Å². The van der Waals surface area contributed by atoms with Gasteiger partial charge < -0.3 is 30.0 Å². The van der Waals surface area contributed by atoms with E-state index in [1.54, 1.807) is 20.1 Å². The molecule has 10 heteroatoms. The highest BCUT2D eigenvalue weighted by molar-refractivity contribution is 5.92. The van der Waals surface area contributed by atoms with E-state index in [0.717, 1.165) is 18.2 Å². The van der Waals surface area contributed by atoms with Crippen molar-refractivity contribution in [1.82, 2.24) is 9.97 Å². The van der Waals surface area contributed by atoms with E-state index in [2.05, 4.69) is 15.3 Å². The SMILES string of the molecule is COCC(F)(F)c1cc(N)cc([C@@H](C)Nc2nc(C)nc3cc(OC)c(OC4CCOCC4)cc23)c1. The molecule has 1 aliphatic rings. The van der Waals surface area contributed by atoms with Crippen molar-refractivity contribution in [3.63, 3.8) is 0 Å². The Morgan fingerprint density at radius 3 is 2.56 bits per heavy atom. The van der Waals surface area contributed by atoms with Crippen molar-refractivity contribution in [2.45, 2.75) is 44.8 Å². The summed E-state index contributed by atoms with van der Waals surface area (Å²) in [6.45, 7) is 4.22. The zero-order valence-corrected chi connectivity index (χ0v) is 20.9. The number of fused-ring (bicyclic) bond motifs is 1. The number of aromatic nitrogens is 2. The molecular formula is C26H32F2N4O4. The third-order valence-electron chi connectivity index (χ3n) is 6.13. The van der Waals surface area contributed by atoms with Crippen LogP contribution < -0.4 is 20.5 Å². The van der Waals surface area contributed by atoms with Crippen LogP contribution in [0.1, 0.15) is 42.8 Å². The molecule has 1 fully saturated rings. The molecule has 0 bridgehead atoms. The lowest BCUT2D eigenvalue weighted by Crippen LogP contribution is -2.26. The number of nitrogens with two attached hydrogens (primary N) is 1.